The molecule has 0 atom stereocenters. The predicted molar refractivity (Wildman–Crippen MR) is 61.3 cm³/mol. The standard InChI is InChI=1S/C11H5ClF2N2O2/c12-10-4-3-9(16(17)18)11(15-10)6-1-2-7(13)8(14)5-6/h1-5H. The highest BCUT2D eigenvalue weighted by molar-refractivity contribution is 6.29. The van der Waals surface area contributed by atoms with Crippen LogP contribution >= 0.6 is 11.6 Å². The number of halogens is 3. The minimum atomic E-state index is -1.11. The maximum absolute atomic E-state index is 13.1. The first kappa shape index (κ1) is 12.4. The van der Waals surface area contributed by atoms with Crippen LogP contribution in [0.5, 0.6) is 0 Å². The van der Waals surface area contributed by atoms with Gasteiger partial charge in [0.15, 0.2) is 11.6 Å². The molecule has 0 fully saturated rings. The van der Waals surface area contributed by atoms with Crippen LogP contribution in [0.2, 0.25) is 5.15 Å². The summed E-state index contributed by atoms with van der Waals surface area (Å²) in [6.45, 7) is 0. The van der Waals surface area contributed by atoms with Crippen molar-refractivity contribution in [3.8, 4) is 11.3 Å². The van der Waals surface area contributed by atoms with E-state index in [-0.39, 0.29) is 22.1 Å². The minimum absolute atomic E-state index is 0.0281. The van der Waals surface area contributed by atoms with Crippen molar-refractivity contribution in [3.63, 3.8) is 0 Å². The number of nitrogens with zero attached hydrogens (tertiary/aromatic N) is 2. The first-order valence-corrected chi connectivity index (χ1v) is 5.13. The van der Waals surface area contributed by atoms with Crippen molar-refractivity contribution in [2.24, 2.45) is 0 Å². The molecule has 7 heteroatoms. The Kier molecular flexibility index (Phi) is 3.20. The number of pyridine rings is 1. The molecule has 92 valence electrons. The molecular weight excluding hydrogens is 266 g/mol. The Bertz CT molecular complexity index is 634. The molecule has 0 aliphatic rings. The lowest BCUT2D eigenvalue weighted by Crippen LogP contribution is -1.96. The smallest absolute Gasteiger partial charge is 0.258 e. The van der Waals surface area contributed by atoms with Gasteiger partial charge in [-0.25, -0.2) is 13.8 Å². The summed E-state index contributed by atoms with van der Waals surface area (Å²) in [7, 11) is 0. The van der Waals surface area contributed by atoms with Crippen molar-refractivity contribution in [2.75, 3.05) is 0 Å². The number of aromatic nitrogens is 1. The van der Waals surface area contributed by atoms with Crippen LogP contribution in [0.1, 0.15) is 0 Å². The van der Waals surface area contributed by atoms with E-state index in [4.69, 9.17) is 11.6 Å². The van der Waals surface area contributed by atoms with Gasteiger partial charge >= 0.3 is 0 Å². The van der Waals surface area contributed by atoms with Gasteiger partial charge in [0, 0.05) is 11.6 Å². The number of hydrogen-bond acceptors (Lipinski definition) is 3. The van der Waals surface area contributed by atoms with Gasteiger partial charge in [-0.05, 0) is 24.3 Å². The maximum Gasteiger partial charge on any atom is 0.295 e. The van der Waals surface area contributed by atoms with Gasteiger partial charge in [-0.1, -0.05) is 11.6 Å². The van der Waals surface area contributed by atoms with E-state index < -0.39 is 16.6 Å². The van der Waals surface area contributed by atoms with Gasteiger partial charge in [-0.3, -0.25) is 10.1 Å². The van der Waals surface area contributed by atoms with Gasteiger partial charge in [0.25, 0.3) is 5.69 Å². The fourth-order valence-corrected chi connectivity index (χ4v) is 1.58. The molecule has 1 heterocycles. The molecule has 1 aromatic carbocycles. The Morgan fingerprint density at radius 3 is 2.50 bits per heavy atom. The fraction of sp³-hybridized carbons (Fsp3) is 0. The summed E-state index contributed by atoms with van der Waals surface area (Å²) in [6.07, 6.45) is 0. The molecule has 0 N–H and O–H groups in total. The third-order valence-corrected chi connectivity index (χ3v) is 2.44. The zero-order valence-electron chi connectivity index (χ0n) is 8.73. The van der Waals surface area contributed by atoms with E-state index in [0.29, 0.717) is 0 Å². The second kappa shape index (κ2) is 4.66. The average molecular weight is 271 g/mol. The lowest BCUT2D eigenvalue weighted by molar-refractivity contribution is -0.384. The summed E-state index contributed by atoms with van der Waals surface area (Å²) in [5.41, 5.74) is -0.347. The van der Waals surface area contributed by atoms with Gasteiger partial charge in [0.05, 0.1) is 4.92 Å². The molecule has 0 radical (unpaired) electrons. The molecular formula is C11H5ClF2N2O2. The molecule has 0 aliphatic heterocycles. The summed E-state index contributed by atoms with van der Waals surface area (Å²) in [6, 6.07) is 5.32. The van der Waals surface area contributed by atoms with Gasteiger partial charge < -0.3 is 0 Å². The van der Waals surface area contributed by atoms with Crippen molar-refractivity contribution in [2.45, 2.75) is 0 Å². The topological polar surface area (TPSA) is 56.0 Å². The van der Waals surface area contributed by atoms with Crippen LogP contribution in [0.25, 0.3) is 11.3 Å². The van der Waals surface area contributed by atoms with Gasteiger partial charge in [0.2, 0.25) is 0 Å². The molecule has 0 saturated heterocycles. The van der Waals surface area contributed by atoms with Crippen LogP contribution in [0.4, 0.5) is 14.5 Å². The van der Waals surface area contributed by atoms with E-state index in [1.54, 1.807) is 0 Å². The maximum atomic E-state index is 13.1. The largest absolute Gasteiger partial charge is 0.295 e. The van der Waals surface area contributed by atoms with Crippen molar-refractivity contribution >= 4 is 17.3 Å². The van der Waals surface area contributed by atoms with E-state index in [0.717, 1.165) is 18.2 Å². The first-order chi connectivity index (χ1) is 8.49. The van der Waals surface area contributed by atoms with Gasteiger partial charge in [0.1, 0.15) is 10.8 Å². The Morgan fingerprint density at radius 1 is 1.17 bits per heavy atom. The van der Waals surface area contributed by atoms with E-state index in [1.807, 2.05) is 0 Å². The Morgan fingerprint density at radius 2 is 1.89 bits per heavy atom. The zero-order valence-corrected chi connectivity index (χ0v) is 9.49. The molecule has 2 aromatic rings. The average Bonchev–Trinajstić information content (AvgIpc) is 2.32. The van der Waals surface area contributed by atoms with Crippen LogP contribution in [0.15, 0.2) is 30.3 Å². The second-order valence-corrected chi connectivity index (χ2v) is 3.77. The highest BCUT2D eigenvalue weighted by Crippen LogP contribution is 2.30. The Balaban J connectivity index is 2.65. The summed E-state index contributed by atoms with van der Waals surface area (Å²) in [4.78, 5) is 13.9. The lowest BCUT2D eigenvalue weighted by atomic mass is 10.1. The molecule has 0 unspecified atom stereocenters. The van der Waals surface area contributed by atoms with Crippen molar-refractivity contribution in [1.82, 2.24) is 4.98 Å². The summed E-state index contributed by atoms with van der Waals surface area (Å²) >= 11 is 5.64. The first-order valence-electron chi connectivity index (χ1n) is 4.75. The molecule has 1 aromatic heterocycles. The van der Waals surface area contributed by atoms with Crippen LogP contribution in [0.3, 0.4) is 0 Å². The van der Waals surface area contributed by atoms with Crippen molar-refractivity contribution in [3.05, 3.63) is 57.2 Å². The summed E-state index contributed by atoms with van der Waals surface area (Å²) < 4.78 is 25.9. The lowest BCUT2D eigenvalue weighted by Gasteiger charge is -2.03. The van der Waals surface area contributed by atoms with E-state index in [1.165, 1.54) is 12.1 Å². The van der Waals surface area contributed by atoms with Crippen LogP contribution in [-0.2, 0) is 0 Å². The fourth-order valence-electron chi connectivity index (χ4n) is 1.43. The van der Waals surface area contributed by atoms with E-state index in [2.05, 4.69) is 4.98 Å². The zero-order chi connectivity index (χ0) is 13.3. The molecule has 0 amide bonds. The van der Waals surface area contributed by atoms with Crippen molar-refractivity contribution in [1.29, 1.82) is 0 Å². The minimum Gasteiger partial charge on any atom is -0.258 e. The van der Waals surface area contributed by atoms with Crippen LogP contribution in [0, 0.1) is 21.7 Å². The molecule has 0 bridgehead atoms. The third kappa shape index (κ3) is 2.28. The van der Waals surface area contributed by atoms with Crippen LogP contribution < -0.4 is 0 Å². The van der Waals surface area contributed by atoms with E-state index in [9.17, 15) is 18.9 Å². The SMILES string of the molecule is O=[N+]([O-])c1ccc(Cl)nc1-c1ccc(F)c(F)c1. The number of hydrogen-bond donors (Lipinski definition) is 0. The monoisotopic (exact) mass is 270 g/mol. The van der Waals surface area contributed by atoms with Gasteiger partial charge in [-0.15, -0.1) is 0 Å². The Labute approximate surface area is 105 Å². The van der Waals surface area contributed by atoms with Crippen molar-refractivity contribution < 1.29 is 13.7 Å². The number of benzene rings is 1. The molecule has 0 saturated carbocycles. The molecule has 0 aliphatic carbocycles. The van der Waals surface area contributed by atoms with Crippen LogP contribution in [-0.4, -0.2) is 9.91 Å². The Hall–Kier alpha value is -2.08. The summed E-state index contributed by atoms with van der Waals surface area (Å²) in [5.74, 6) is -2.15. The molecule has 18 heavy (non-hydrogen) atoms. The number of nitro groups is 1. The second-order valence-electron chi connectivity index (χ2n) is 3.39. The molecule has 4 nitrogen and oxygen atoms in total. The number of rotatable bonds is 2. The molecule has 0 spiro atoms. The highest BCUT2D eigenvalue weighted by Gasteiger charge is 2.18. The highest BCUT2D eigenvalue weighted by atomic mass is 35.5. The normalized spacial score (nSPS) is 10.4. The van der Waals surface area contributed by atoms with Gasteiger partial charge in [-0.2, -0.15) is 0 Å². The molecule has 2 rings (SSSR count). The predicted octanol–water partition coefficient (Wildman–Crippen LogP) is 3.59. The summed E-state index contributed by atoms with van der Waals surface area (Å²) in [5, 5.41) is 10.8. The third-order valence-electron chi connectivity index (χ3n) is 2.23. The van der Waals surface area contributed by atoms with E-state index >= 15 is 0 Å². The quantitative estimate of drug-likeness (QED) is 0.476.